The van der Waals surface area contributed by atoms with Crippen molar-refractivity contribution in [2.24, 2.45) is 0 Å². The van der Waals surface area contributed by atoms with Crippen molar-refractivity contribution in [3.63, 3.8) is 0 Å². The van der Waals surface area contributed by atoms with Crippen LogP contribution in [0.1, 0.15) is 10.4 Å². The molecule has 0 saturated carbocycles. The zero-order valence-corrected chi connectivity index (χ0v) is 10.6. The number of nitrogens with zero attached hydrogens (tertiary/aromatic N) is 1. The van der Waals surface area contributed by atoms with Crippen molar-refractivity contribution in [2.75, 3.05) is 5.32 Å². The summed E-state index contributed by atoms with van der Waals surface area (Å²) in [4.78, 5) is 19.0. The lowest BCUT2D eigenvalue weighted by molar-refractivity contribution is 0.102. The third-order valence-electron chi connectivity index (χ3n) is 2.80. The highest BCUT2D eigenvalue weighted by molar-refractivity contribution is 6.29. The predicted octanol–water partition coefficient (Wildman–Crippen LogP) is 3.47. The van der Waals surface area contributed by atoms with Gasteiger partial charge in [-0.25, -0.2) is 4.98 Å². The number of aromatic amines is 1. The normalized spacial score (nSPS) is 10.6. The van der Waals surface area contributed by atoms with Gasteiger partial charge in [-0.2, -0.15) is 0 Å². The van der Waals surface area contributed by atoms with E-state index in [1.165, 1.54) is 6.20 Å². The van der Waals surface area contributed by atoms with Crippen molar-refractivity contribution in [1.82, 2.24) is 9.97 Å². The topological polar surface area (TPSA) is 57.8 Å². The van der Waals surface area contributed by atoms with E-state index in [9.17, 15) is 4.79 Å². The fourth-order valence-electron chi connectivity index (χ4n) is 1.84. The largest absolute Gasteiger partial charge is 0.361 e. The molecule has 3 rings (SSSR count). The fourth-order valence-corrected chi connectivity index (χ4v) is 1.96. The first-order valence-electron chi connectivity index (χ1n) is 5.72. The lowest BCUT2D eigenvalue weighted by Gasteiger charge is -2.05. The fraction of sp³-hybridized carbons (Fsp3) is 0. The summed E-state index contributed by atoms with van der Waals surface area (Å²) in [5, 5.41) is 4.24. The number of nitrogens with one attached hydrogen (secondary N) is 2. The highest BCUT2D eigenvalue weighted by atomic mass is 35.5. The summed E-state index contributed by atoms with van der Waals surface area (Å²) in [6.45, 7) is 0. The Morgan fingerprint density at radius 3 is 2.89 bits per heavy atom. The van der Waals surface area contributed by atoms with Crippen LogP contribution in [0.25, 0.3) is 10.9 Å². The lowest BCUT2D eigenvalue weighted by atomic mass is 10.2. The molecule has 1 amide bonds. The maximum Gasteiger partial charge on any atom is 0.257 e. The van der Waals surface area contributed by atoms with Crippen LogP contribution in [0.4, 0.5) is 5.69 Å². The first-order chi connectivity index (χ1) is 9.22. The molecule has 3 aromatic rings. The molecule has 2 aromatic heterocycles. The van der Waals surface area contributed by atoms with Crippen LogP contribution in [0, 0.1) is 0 Å². The number of H-pyrrole nitrogens is 1. The molecule has 0 saturated heterocycles. The van der Waals surface area contributed by atoms with Gasteiger partial charge in [0.2, 0.25) is 0 Å². The predicted molar refractivity (Wildman–Crippen MR) is 75.5 cm³/mol. The SMILES string of the molecule is O=C(Nc1ccc2[nH]ccc2c1)c1ccc(Cl)nc1. The van der Waals surface area contributed by atoms with Crippen LogP contribution in [0.2, 0.25) is 5.15 Å². The number of benzene rings is 1. The van der Waals surface area contributed by atoms with Crippen LogP contribution >= 0.6 is 11.6 Å². The third kappa shape index (κ3) is 2.44. The minimum atomic E-state index is -0.209. The zero-order valence-electron chi connectivity index (χ0n) is 9.85. The van der Waals surface area contributed by atoms with Gasteiger partial charge < -0.3 is 10.3 Å². The van der Waals surface area contributed by atoms with Crippen molar-refractivity contribution >= 4 is 34.1 Å². The van der Waals surface area contributed by atoms with Gasteiger partial charge >= 0.3 is 0 Å². The molecule has 5 heteroatoms. The van der Waals surface area contributed by atoms with Crippen molar-refractivity contribution in [1.29, 1.82) is 0 Å². The smallest absolute Gasteiger partial charge is 0.257 e. The van der Waals surface area contributed by atoms with E-state index >= 15 is 0 Å². The van der Waals surface area contributed by atoms with Crippen LogP contribution in [0.3, 0.4) is 0 Å². The Balaban J connectivity index is 1.83. The second kappa shape index (κ2) is 4.74. The Morgan fingerprint density at radius 2 is 2.11 bits per heavy atom. The molecular formula is C14H10ClN3O. The van der Waals surface area contributed by atoms with Crippen LogP contribution in [-0.4, -0.2) is 15.9 Å². The highest BCUT2D eigenvalue weighted by Crippen LogP contribution is 2.18. The monoisotopic (exact) mass is 271 g/mol. The van der Waals surface area contributed by atoms with E-state index in [1.807, 2.05) is 30.5 Å². The number of carbonyl (C=O) groups is 1. The van der Waals surface area contributed by atoms with Crippen molar-refractivity contribution in [3.05, 3.63) is 59.5 Å². The molecule has 1 aromatic carbocycles. The van der Waals surface area contributed by atoms with E-state index in [-0.39, 0.29) is 5.91 Å². The molecule has 0 bridgehead atoms. The van der Waals surface area contributed by atoms with Crippen LogP contribution in [-0.2, 0) is 0 Å². The number of aromatic nitrogens is 2. The number of hydrogen-bond donors (Lipinski definition) is 2. The van der Waals surface area contributed by atoms with E-state index in [2.05, 4.69) is 15.3 Å². The van der Waals surface area contributed by atoms with Gasteiger partial charge in [0, 0.05) is 29.0 Å². The second-order valence-electron chi connectivity index (χ2n) is 4.10. The number of rotatable bonds is 2. The van der Waals surface area contributed by atoms with Gasteiger partial charge in [0.1, 0.15) is 5.15 Å². The molecule has 0 atom stereocenters. The van der Waals surface area contributed by atoms with Crippen molar-refractivity contribution in [3.8, 4) is 0 Å². The Morgan fingerprint density at radius 1 is 1.21 bits per heavy atom. The summed E-state index contributed by atoms with van der Waals surface area (Å²) in [7, 11) is 0. The van der Waals surface area contributed by atoms with Gasteiger partial charge in [-0.1, -0.05) is 11.6 Å². The Labute approximate surface area is 114 Å². The molecular weight excluding hydrogens is 262 g/mol. The van der Waals surface area contributed by atoms with Gasteiger partial charge in [-0.3, -0.25) is 4.79 Å². The molecule has 0 aliphatic rings. The Hall–Kier alpha value is -2.33. The second-order valence-corrected chi connectivity index (χ2v) is 4.49. The molecule has 0 aliphatic heterocycles. The molecule has 0 aliphatic carbocycles. The summed E-state index contributed by atoms with van der Waals surface area (Å²) in [5.74, 6) is -0.209. The number of amides is 1. The maximum atomic E-state index is 12.0. The third-order valence-corrected chi connectivity index (χ3v) is 3.02. The molecule has 0 fully saturated rings. The maximum absolute atomic E-state index is 12.0. The number of fused-ring (bicyclic) bond motifs is 1. The number of hydrogen-bond acceptors (Lipinski definition) is 2. The molecule has 0 unspecified atom stereocenters. The van der Waals surface area contributed by atoms with Gasteiger partial charge in [-0.15, -0.1) is 0 Å². The van der Waals surface area contributed by atoms with Crippen molar-refractivity contribution < 1.29 is 4.79 Å². The average molecular weight is 272 g/mol. The summed E-state index contributed by atoms with van der Waals surface area (Å²) < 4.78 is 0. The minimum Gasteiger partial charge on any atom is -0.361 e. The first-order valence-corrected chi connectivity index (χ1v) is 6.10. The number of carbonyl (C=O) groups excluding carboxylic acids is 1. The van der Waals surface area contributed by atoms with Gasteiger partial charge in [0.15, 0.2) is 0 Å². The van der Waals surface area contributed by atoms with Gasteiger partial charge in [-0.05, 0) is 36.4 Å². The number of anilines is 1. The number of pyridine rings is 1. The standard InChI is InChI=1S/C14H10ClN3O/c15-13-4-1-10(8-17-13)14(19)18-11-2-3-12-9(7-11)5-6-16-12/h1-8,16H,(H,18,19). The number of halogens is 1. The Bertz CT molecular complexity index is 734. The van der Waals surface area contributed by atoms with E-state index in [4.69, 9.17) is 11.6 Å². The summed E-state index contributed by atoms with van der Waals surface area (Å²) in [6.07, 6.45) is 3.31. The summed E-state index contributed by atoms with van der Waals surface area (Å²) >= 11 is 5.68. The quantitative estimate of drug-likeness (QED) is 0.701. The molecule has 19 heavy (non-hydrogen) atoms. The van der Waals surface area contributed by atoms with Crippen LogP contribution in [0.5, 0.6) is 0 Å². The molecule has 4 nitrogen and oxygen atoms in total. The van der Waals surface area contributed by atoms with Crippen LogP contribution in [0.15, 0.2) is 48.8 Å². The molecule has 0 spiro atoms. The molecule has 94 valence electrons. The Kier molecular flexibility index (Phi) is 2.93. The molecule has 2 heterocycles. The van der Waals surface area contributed by atoms with E-state index < -0.39 is 0 Å². The molecule has 0 radical (unpaired) electrons. The lowest BCUT2D eigenvalue weighted by Crippen LogP contribution is -2.11. The zero-order chi connectivity index (χ0) is 13.2. The van der Waals surface area contributed by atoms with Crippen LogP contribution < -0.4 is 5.32 Å². The average Bonchev–Trinajstić information content (AvgIpc) is 2.87. The summed E-state index contributed by atoms with van der Waals surface area (Å²) in [6, 6.07) is 10.9. The van der Waals surface area contributed by atoms with E-state index in [0.717, 1.165) is 16.6 Å². The minimum absolute atomic E-state index is 0.209. The van der Waals surface area contributed by atoms with E-state index in [1.54, 1.807) is 12.1 Å². The van der Waals surface area contributed by atoms with E-state index in [0.29, 0.717) is 10.7 Å². The first kappa shape index (κ1) is 11.7. The van der Waals surface area contributed by atoms with Gasteiger partial charge in [0.25, 0.3) is 5.91 Å². The van der Waals surface area contributed by atoms with Crippen molar-refractivity contribution in [2.45, 2.75) is 0 Å². The highest BCUT2D eigenvalue weighted by Gasteiger charge is 2.07. The molecule has 2 N–H and O–H groups in total. The summed E-state index contributed by atoms with van der Waals surface area (Å²) in [5.41, 5.74) is 2.25. The van der Waals surface area contributed by atoms with Gasteiger partial charge in [0.05, 0.1) is 5.56 Å².